The maximum Gasteiger partial charge on any atom is 0.312 e. The minimum atomic E-state index is -0.733. The third-order valence-electron chi connectivity index (χ3n) is 6.62. The van der Waals surface area contributed by atoms with Crippen LogP contribution in [0.1, 0.15) is 52.4 Å². The Morgan fingerprint density at radius 3 is 2.37 bits per heavy atom. The van der Waals surface area contributed by atoms with Gasteiger partial charge in [-0.1, -0.05) is 0 Å². The normalized spacial score (nSPS) is 31.3. The molecule has 7 heteroatoms. The third-order valence-corrected chi connectivity index (χ3v) is 6.62. The molecule has 2 N–H and O–H groups in total. The number of esters is 1. The van der Waals surface area contributed by atoms with Crippen molar-refractivity contribution in [3.63, 3.8) is 0 Å². The zero-order chi connectivity index (χ0) is 21.4. The highest BCUT2D eigenvalue weighted by Gasteiger charge is 2.60. The SMILES string of the molecule is CCOc1ccc(NC(=O)COC(=O)C23C[C@@H]4C[C@@H](CC(O)(C4)C2)C3)cc1OCC. The van der Waals surface area contributed by atoms with E-state index in [9.17, 15) is 14.7 Å². The molecule has 0 aliphatic heterocycles. The first-order valence-corrected chi connectivity index (χ1v) is 10.9. The molecular weight excluding hydrogens is 386 g/mol. The van der Waals surface area contributed by atoms with Gasteiger partial charge in [0.2, 0.25) is 0 Å². The second-order valence-electron chi connectivity index (χ2n) is 9.12. The van der Waals surface area contributed by atoms with E-state index in [0.29, 0.717) is 48.7 Å². The monoisotopic (exact) mass is 417 g/mol. The van der Waals surface area contributed by atoms with Gasteiger partial charge in [0.1, 0.15) is 0 Å². The summed E-state index contributed by atoms with van der Waals surface area (Å²) in [5.74, 6) is 1.20. The molecule has 4 saturated carbocycles. The lowest BCUT2D eigenvalue weighted by Crippen LogP contribution is -2.58. The van der Waals surface area contributed by atoms with Crippen LogP contribution in [-0.4, -0.2) is 42.4 Å². The predicted molar refractivity (Wildman–Crippen MR) is 110 cm³/mol. The fourth-order valence-electron chi connectivity index (χ4n) is 6.06. The molecule has 2 unspecified atom stereocenters. The van der Waals surface area contributed by atoms with Crippen LogP contribution < -0.4 is 14.8 Å². The molecule has 1 amide bonds. The fourth-order valence-corrected chi connectivity index (χ4v) is 6.06. The molecule has 0 aromatic heterocycles. The Morgan fingerprint density at radius 2 is 1.73 bits per heavy atom. The summed E-state index contributed by atoms with van der Waals surface area (Å²) in [4.78, 5) is 25.3. The Hall–Kier alpha value is -2.28. The zero-order valence-electron chi connectivity index (χ0n) is 17.7. The Bertz CT molecular complexity index is 808. The van der Waals surface area contributed by atoms with E-state index in [4.69, 9.17) is 14.2 Å². The van der Waals surface area contributed by atoms with Crippen molar-refractivity contribution in [3.05, 3.63) is 18.2 Å². The van der Waals surface area contributed by atoms with Crippen molar-refractivity contribution in [3.8, 4) is 11.5 Å². The third kappa shape index (κ3) is 4.13. The van der Waals surface area contributed by atoms with Crippen LogP contribution in [0.5, 0.6) is 11.5 Å². The largest absolute Gasteiger partial charge is 0.490 e. The molecule has 1 aromatic carbocycles. The van der Waals surface area contributed by atoms with Crippen LogP contribution in [-0.2, 0) is 14.3 Å². The number of benzene rings is 1. The van der Waals surface area contributed by atoms with Crippen LogP contribution in [0.15, 0.2) is 18.2 Å². The van der Waals surface area contributed by atoms with Gasteiger partial charge in [-0.25, -0.2) is 0 Å². The van der Waals surface area contributed by atoms with E-state index in [-0.39, 0.29) is 12.6 Å². The lowest BCUT2D eigenvalue weighted by atomic mass is 9.48. The topological polar surface area (TPSA) is 94.1 Å². The molecule has 4 fully saturated rings. The maximum absolute atomic E-state index is 12.9. The van der Waals surface area contributed by atoms with Gasteiger partial charge in [0.15, 0.2) is 18.1 Å². The molecule has 4 atom stereocenters. The zero-order valence-corrected chi connectivity index (χ0v) is 17.7. The highest BCUT2D eigenvalue weighted by molar-refractivity contribution is 5.93. The summed E-state index contributed by atoms with van der Waals surface area (Å²) in [6.07, 6.45) is 4.67. The van der Waals surface area contributed by atoms with Crippen LogP contribution in [0.25, 0.3) is 0 Å². The number of carbonyl (C=O) groups is 2. The van der Waals surface area contributed by atoms with Crippen molar-refractivity contribution in [2.45, 2.75) is 58.0 Å². The lowest BCUT2D eigenvalue weighted by Gasteiger charge is -2.58. The molecule has 7 nitrogen and oxygen atoms in total. The molecule has 1 aromatic rings. The average Bonchev–Trinajstić information content (AvgIpc) is 2.66. The van der Waals surface area contributed by atoms with Crippen LogP contribution in [0.3, 0.4) is 0 Å². The van der Waals surface area contributed by atoms with Gasteiger partial charge in [-0.3, -0.25) is 9.59 Å². The van der Waals surface area contributed by atoms with Gasteiger partial charge in [-0.15, -0.1) is 0 Å². The number of rotatable bonds is 8. The smallest absolute Gasteiger partial charge is 0.312 e. The molecule has 0 saturated heterocycles. The lowest BCUT2D eigenvalue weighted by molar-refractivity contribution is -0.196. The molecule has 4 aliphatic rings. The summed E-state index contributed by atoms with van der Waals surface area (Å²) in [7, 11) is 0. The predicted octanol–water partition coefficient (Wildman–Crippen LogP) is 3.30. The van der Waals surface area contributed by atoms with Crippen molar-refractivity contribution in [2.75, 3.05) is 25.1 Å². The Labute approximate surface area is 177 Å². The van der Waals surface area contributed by atoms with Gasteiger partial charge in [0.05, 0.1) is 24.2 Å². The van der Waals surface area contributed by atoms with Crippen molar-refractivity contribution >= 4 is 17.6 Å². The molecular formula is C23H31NO6. The first-order valence-electron chi connectivity index (χ1n) is 10.9. The number of amides is 1. The summed E-state index contributed by atoms with van der Waals surface area (Å²) < 4.78 is 16.5. The minimum Gasteiger partial charge on any atom is -0.490 e. The van der Waals surface area contributed by atoms with Gasteiger partial charge in [-0.05, 0) is 76.3 Å². The number of anilines is 1. The number of hydrogen-bond acceptors (Lipinski definition) is 6. The van der Waals surface area contributed by atoms with E-state index < -0.39 is 16.9 Å². The van der Waals surface area contributed by atoms with Crippen LogP contribution in [0, 0.1) is 17.3 Å². The number of aliphatic hydroxyl groups is 1. The van der Waals surface area contributed by atoms with E-state index in [1.807, 2.05) is 13.8 Å². The van der Waals surface area contributed by atoms with Crippen molar-refractivity contribution in [1.29, 1.82) is 0 Å². The van der Waals surface area contributed by atoms with Crippen LogP contribution in [0.4, 0.5) is 5.69 Å². The number of ether oxygens (including phenoxy) is 3. The summed E-state index contributed by atoms with van der Waals surface area (Å²) in [5, 5.41) is 13.6. The van der Waals surface area contributed by atoms with E-state index in [0.717, 1.165) is 32.1 Å². The second-order valence-corrected chi connectivity index (χ2v) is 9.12. The average molecular weight is 418 g/mol. The Kier molecular flexibility index (Phi) is 5.66. The molecule has 0 spiro atoms. The van der Waals surface area contributed by atoms with Gasteiger partial charge < -0.3 is 24.6 Å². The fraction of sp³-hybridized carbons (Fsp3) is 0.652. The molecule has 0 heterocycles. The van der Waals surface area contributed by atoms with Gasteiger partial charge in [-0.2, -0.15) is 0 Å². The summed E-state index contributed by atoms with van der Waals surface area (Å²) in [6, 6.07) is 5.16. The molecule has 4 aliphatic carbocycles. The van der Waals surface area contributed by atoms with Crippen molar-refractivity contribution < 1.29 is 28.9 Å². The van der Waals surface area contributed by atoms with Crippen molar-refractivity contribution in [2.24, 2.45) is 17.3 Å². The van der Waals surface area contributed by atoms with Gasteiger partial charge in [0.25, 0.3) is 5.91 Å². The quantitative estimate of drug-likeness (QED) is 0.631. The van der Waals surface area contributed by atoms with Crippen LogP contribution >= 0.6 is 0 Å². The molecule has 30 heavy (non-hydrogen) atoms. The van der Waals surface area contributed by atoms with E-state index in [2.05, 4.69) is 5.32 Å². The first-order chi connectivity index (χ1) is 14.3. The Morgan fingerprint density at radius 1 is 1.07 bits per heavy atom. The van der Waals surface area contributed by atoms with E-state index >= 15 is 0 Å². The second kappa shape index (κ2) is 8.10. The summed E-state index contributed by atoms with van der Waals surface area (Å²) >= 11 is 0. The Balaban J connectivity index is 1.35. The van der Waals surface area contributed by atoms with Gasteiger partial charge >= 0.3 is 5.97 Å². The molecule has 0 radical (unpaired) electrons. The molecule has 5 rings (SSSR count). The summed E-state index contributed by atoms with van der Waals surface area (Å²) in [5.41, 5.74) is -0.809. The van der Waals surface area contributed by atoms with Crippen molar-refractivity contribution in [1.82, 2.24) is 0 Å². The van der Waals surface area contributed by atoms with E-state index in [1.54, 1.807) is 18.2 Å². The first kappa shape index (κ1) is 21.0. The molecule has 4 bridgehead atoms. The number of nitrogens with one attached hydrogen (secondary N) is 1. The highest BCUT2D eigenvalue weighted by Crippen LogP contribution is 2.61. The molecule has 164 valence electrons. The number of carbonyl (C=O) groups excluding carboxylic acids is 2. The minimum absolute atomic E-state index is 0.341. The maximum atomic E-state index is 12.9. The van der Waals surface area contributed by atoms with Gasteiger partial charge in [0, 0.05) is 11.8 Å². The number of hydrogen-bond donors (Lipinski definition) is 2. The van der Waals surface area contributed by atoms with Crippen LogP contribution in [0.2, 0.25) is 0 Å². The standard InChI is InChI=1S/C23H31NO6/c1-3-28-18-6-5-17(8-19(18)29-4-2)24-20(25)13-30-21(26)22-9-15-7-16(10-22)12-23(27,11-15)14-22/h5-6,8,15-16,27H,3-4,7,9-14H2,1-2H3,(H,24,25)/t15-,16+,22?,23?. The summed E-state index contributed by atoms with van der Waals surface area (Å²) in [6.45, 7) is 4.42. The van der Waals surface area contributed by atoms with E-state index in [1.165, 1.54) is 0 Å². The highest BCUT2D eigenvalue weighted by atomic mass is 16.5.